The SMILES string of the molecule is CC(C)[C@H](C=CC(=O)OC(C)(C)C)NC(=O)OCc1ccccc1. The Morgan fingerprint density at radius 3 is 2.33 bits per heavy atom. The highest BCUT2D eigenvalue weighted by molar-refractivity contribution is 5.82. The van der Waals surface area contributed by atoms with Crippen molar-refractivity contribution in [1.29, 1.82) is 0 Å². The topological polar surface area (TPSA) is 64.6 Å². The summed E-state index contributed by atoms with van der Waals surface area (Å²) in [6.07, 6.45) is 2.45. The molecule has 1 atom stereocenters. The third-order valence-corrected chi connectivity index (χ3v) is 3.06. The van der Waals surface area contributed by atoms with Crippen LogP contribution in [0.4, 0.5) is 4.79 Å². The van der Waals surface area contributed by atoms with E-state index in [0.29, 0.717) is 0 Å². The van der Waals surface area contributed by atoms with Gasteiger partial charge in [-0.15, -0.1) is 0 Å². The first-order valence-electron chi connectivity index (χ1n) is 8.06. The van der Waals surface area contributed by atoms with Gasteiger partial charge < -0.3 is 14.8 Å². The third kappa shape index (κ3) is 8.36. The summed E-state index contributed by atoms with van der Waals surface area (Å²) in [6, 6.07) is 9.12. The molecule has 1 amide bonds. The molecular weight excluding hydrogens is 306 g/mol. The summed E-state index contributed by atoms with van der Waals surface area (Å²) in [4.78, 5) is 23.7. The van der Waals surface area contributed by atoms with Gasteiger partial charge in [-0.2, -0.15) is 0 Å². The van der Waals surface area contributed by atoms with E-state index >= 15 is 0 Å². The largest absolute Gasteiger partial charge is 0.457 e. The minimum atomic E-state index is -0.545. The van der Waals surface area contributed by atoms with Gasteiger partial charge in [0.2, 0.25) is 0 Å². The Labute approximate surface area is 144 Å². The quantitative estimate of drug-likeness (QED) is 0.634. The molecule has 0 fully saturated rings. The molecule has 24 heavy (non-hydrogen) atoms. The van der Waals surface area contributed by atoms with Gasteiger partial charge in [0.05, 0.1) is 6.04 Å². The second kappa shape index (κ2) is 9.11. The molecule has 0 aliphatic heterocycles. The number of amides is 1. The monoisotopic (exact) mass is 333 g/mol. The standard InChI is InChI=1S/C19H27NO4/c1-14(2)16(11-12-17(21)24-19(3,4)5)20-18(22)23-13-15-9-7-6-8-10-15/h6-12,14,16H,13H2,1-5H3,(H,20,22)/t16-/m0/s1. The van der Waals surface area contributed by atoms with Gasteiger partial charge in [0.25, 0.3) is 0 Å². The minimum absolute atomic E-state index is 0.105. The Balaban J connectivity index is 2.53. The van der Waals surface area contributed by atoms with Crippen LogP contribution < -0.4 is 5.32 Å². The zero-order valence-corrected chi connectivity index (χ0v) is 15.0. The van der Waals surface area contributed by atoms with Gasteiger partial charge in [0.15, 0.2) is 0 Å². The number of ether oxygens (including phenoxy) is 2. The van der Waals surface area contributed by atoms with E-state index in [4.69, 9.17) is 9.47 Å². The molecule has 0 unspecified atom stereocenters. The molecular formula is C19H27NO4. The van der Waals surface area contributed by atoms with Gasteiger partial charge in [-0.05, 0) is 32.3 Å². The summed E-state index contributed by atoms with van der Waals surface area (Å²) in [5.74, 6) is -0.333. The summed E-state index contributed by atoms with van der Waals surface area (Å²) in [6.45, 7) is 9.50. The molecule has 0 radical (unpaired) electrons. The molecule has 0 spiro atoms. The van der Waals surface area contributed by atoms with Crippen LogP contribution in [0.1, 0.15) is 40.2 Å². The highest BCUT2D eigenvalue weighted by atomic mass is 16.6. The Kier molecular flexibility index (Phi) is 7.49. The lowest BCUT2D eigenvalue weighted by atomic mass is 10.0. The number of carbonyl (C=O) groups is 2. The lowest BCUT2D eigenvalue weighted by Crippen LogP contribution is -2.37. The normalized spacial score (nSPS) is 12.9. The number of alkyl carbamates (subject to hydrolysis) is 1. The second-order valence-electron chi connectivity index (χ2n) is 6.87. The van der Waals surface area contributed by atoms with Gasteiger partial charge in [-0.3, -0.25) is 0 Å². The number of rotatable bonds is 6. The van der Waals surface area contributed by atoms with Crippen LogP contribution in [0.25, 0.3) is 0 Å². The van der Waals surface area contributed by atoms with E-state index in [-0.39, 0.29) is 18.6 Å². The van der Waals surface area contributed by atoms with Crippen LogP contribution in [-0.4, -0.2) is 23.7 Å². The molecule has 0 aliphatic carbocycles. The molecule has 0 saturated carbocycles. The van der Waals surface area contributed by atoms with Crippen molar-refractivity contribution in [3.8, 4) is 0 Å². The minimum Gasteiger partial charge on any atom is -0.457 e. The molecule has 1 rings (SSSR count). The van der Waals surface area contributed by atoms with Crippen LogP contribution >= 0.6 is 0 Å². The van der Waals surface area contributed by atoms with E-state index < -0.39 is 17.7 Å². The van der Waals surface area contributed by atoms with Crippen molar-refractivity contribution in [2.75, 3.05) is 0 Å². The van der Waals surface area contributed by atoms with E-state index in [1.54, 1.807) is 26.8 Å². The first-order chi connectivity index (χ1) is 11.2. The smallest absolute Gasteiger partial charge is 0.407 e. The summed E-state index contributed by atoms with van der Waals surface area (Å²) >= 11 is 0. The zero-order chi connectivity index (χ0) is 18.2. The lowest BCUT2D eigenvalue weighted by molar-refractivity contribution is -0.148. The fourth-order valence-electron chi connectivity index (χ4n) is 1.86. The predicted octanol–water partition coefficient (Wildman–Crippen LogP) is 3.84. The van der Waals surface area contributed by atoms with E-state index in [2.05, 4.69) is 5.32 Å². The number of hydrogen-bond acceptors (Lipinski definition) is 4. The van der Waals surface area contributed by atoms with Crippen molar-refractivity contribution < 1.29 is 19.1 Å². The van der Waals surface area contributed by atoms with E-state index in [1.165, 1.54) is 6.08 Å². The third-order valence-electron chi connectivity index (χ3n) is 3.06. The van der Waals surface area contributed by atoms with Crippen molar-refractivity contribution in [3.63, 3.8) is 0 Å². The van der Waals surface area contributed by atoms with Gasteiger partial charge in [0.1, 0.15) is 12.2 Å². The van der Waals surface area contributed by atoms with Crippen LogP contribution in [0.15, 0.2) is 42.5 Å². The summed E-state index contributed by atoms with van der Waals surface area (Å²) in [5, 5.41) is 2.75. The average molecular weight is 333 g/mol. The maximum absolute atomic E-state index is 11.9. The maximum atomic E-state index is 11.9. The van der Waals surface area contributed by atoms with Crippen molar-refractivity contribution >= 4 is 12.1 Å². The molecule has 0 bridgehead atoms. The molecule has 132 valence electrons. The van der Waals surface area contributed by atoms with Gasteiger partial charge in [0, 0.05) is 6.08 Å². The number of esters is 1. The molecule has 0 heterocycles. The average Bonchev–Trinajstić information content (AvgIpc) is 2.48. The van der Waals surface area contributed by atoms with Crippen molar-refractivity contribution in [3.05, 3.63) is 48.0 Å². The molecule has 5 heteroatoms. The first kappa shape index (κ1) is 19.7. The highest BCUT2D eigenvalue weighted by Gasteiger charge is 2.17. The van der Waals surface area contributed by atoms with Crippen molar-refractivity contribution in [2.24, 2.45) is 5.92 Å². The van der Waals surface area contributed by atoms with E-state index in [0.717, 1.165) is 5.56 Å². The fraction of sp³-hybridized carbons (Fsp3) is 0.474. The summed E-state index contributed by atoms with van der Waals surface area (Å²) in [5.41, 5.74) is 0.370. The highest BCUT2D eigenvalue weighted by Crippen LogP contribution is 2.09. The Morgan fingerprint density at radius 2 is 1.79 bits per heavy atom. The maximum Gasteiger partial charge on any atom is 0.407 e. The number of nitrogens with one attached hydrogen (secondary N) is 1. The Bertz CT molecular complexity index is 558. The molecule has 0 aromatic heterocycles. The van der Waals surface area contributed by atoms with Crippen LogP contribution in [0.5, 0.6) is 0 Å². The molecule has 1 N–H and O–H groups in total. The van der Waals surface area contributed by atoms with Crippen LogP contribution in [0.3, 0.4) is 0 Å². The summed E-state index contributed by atoms with van der Waals surface area (Å²) in [7, 11) is 0. The van der Waals surface area contributed by atoms with Gasteiger partial charge in [-0.1, -0.05) is 50.3 Å². The number of benzene rings is 1. The van der Waals surface area contributed by atoms with E-state index in [9.17, 15) is 9.59 Å². The second-order valence-corrected chi connectivity index (χ2v) is 6.87. The number of carbonyl (C=O) groups excluding carboxylic acids is 2. The molecule has 1 aromatic rings. The van der Waals surface area contributed by atoms with E-state index in [1.807, 2.05) is 44.2 Å². The predicted molar refractivity (Wildman–Crippen MR) is 93.4 cm³/mol. The molecule has 0 aliphatic rings. The van der Waals surface area contributed by atoms with Gasteiger partial charge in [-0.25, -0.2) is 9.59 Å². The fourth-order valence-corrected chi connectivity index (χ4v) is 1.86. The van der Waals surface area contributed by atoms with Crippen molar-refractivity contribution in [2.45, 2.75) is 52.9 Å². The summed E-state index contributed by atoms with van der Waals surface area (Å²) < 4.78 is 10.4. The van der Waals surface area contributed by atoms with Gasteiger partial charge >= 0.3 is 12.1 Å². The molecule has 1 aromatic carbocycles. The Morgan fingerprint density at radius 1 is 1.17 bits per heavy atom. The van der Waals surface area contributed by atoms with Crippen molar-refractivity contribution in [1.82, 2.24) is 5.32 Å². The molecule has 0 saturated heterocycles. The van der Waals surface area contributed by atoms with Crippen LogP contribution in [0, 0.1) is 5.92 Å². The van der Waals surface area contributed by atoms with Crippen LogP contribution in [-0.2, 0) is 20.9 Å². The molecule has 5 nitrogen and oxygen atoms in total. The zero-order valence-electron chi connectivity index (χ0n) is 15.0. The number of hydrogen-bond donors (Lipinski definition) is 1. The Hall–Kier alpha value is -2.30. The van der Waals surface area contributed by atoms with Crippen LogP contribution in [0.2, 0.25) is 0 Å². The lowest BCUT2D eigenvalue weighted by Gasteiger charge is -2.20. The first-order valence-corrected chi connectivity index (χ1v) is 8.06.